The molecule has 8 heteroatoms. The molecule has 0 aromatic carbocycles. The predicted octanol–water partition coefficient (Wildman–Crippen LogP) is 2.34. The Bertz CT molecular complexity index is 900. The summed E-state index contributed by atoms with van der Waals surface area (Å²) < 4.78 is 12.5. The number of fused-ring (bicyclic) bond motifs is 7. The van der Waals surface area contributed by atoms with Crippen molar-refractivity contribution in [2.45, 2.75) is 51.7 Å². The van der Waals surface area contributed by atoms with Gasteiger partial charge >= 0.3 is 0 Å². The summed E-state index contributed by atoms with van der Waals surface area (Å²) in [5.74, 6) is 0.221. The Morgan fingerprint density at radius 3 is 2.97 bits per heavy atom. The Balaban J connectivity index is 0.00000245. The molecule has 1 unspecified atom stereocenters. The maximum absolute atomic E-state index is 13.4. The molecule has 0 bridgehead atoms. The molecule has 0 spiro atoms. The van der Waals surface area contributed by atoms with Gasteiger partial charge in [0.2, 0.25) is 0 Å². The van der Waals surface area contributed by atoms with Crippen LogP contribution in [-0.2, 0) is 51.7 Å². The molecule has 3 saturated carbocycles. The quantitative estimate of drug-likeness (QED) is 0.435. The van der Waals surface area contributed by atoms with Crippen LogP contribution in [0.2, 0.25) is 0 Å². The van der Waals surface area contributed by atoms with E-state index < -0.39 is 37.4 Å². The molecule has 4 aliphatic carbocycles. The van der Waals surface area contributed by atoms with Gasteiger partial charge in [-0.15, -0.1) is 0 Å². The van der Waals surface area contributed by atoms with Gasteiger partial charge in [0.1, 0.15) is 6.61 Å². The number of aliphatic hydroxyl groups is 1. The molecule has 9 atom stereocenters. The molecule has 1 saturated heterocycles. The minimum atomic E-state index is -1.05. The van der Waals surface area contributed by atoms with Gasteiger partial charge < -0.3 is 14.4 Å². The van der Waals surface area contributed by atoms with Crippen LogP contribution in [0, 0.1) is 40.4 Å². The standard InChI is InChI=1S/C23H31NO5P.Y/c1-20-7-6-15(25)8-13(20)4-5-16-17-9-14-11-24-29-23(14,19(27)12-28-30)21(17,2)10-18(26)22(16,20)3;/h4,6-8,14,16-18,24,26H,5,9-12,30H2,1-3H3;/q-1;/t14-,16-,17-,18-,20-,21-,22+,23-;/m0./s1/i30T;/t14-,16-,17-,18-,20-,21-,22+,23-,30?;. The summed E-state index contributed by atoms with van der Waals surface area (Å²) in [6.45, 7) is 6.86. The molecule has 5 rings (SSSR count). The van der Waals surface area contributed by atoms with Gasteiger partial charge in [0.05, 0.1) is 13.2 Å². The van der Waals surface area contributed by atoms with Crippen LogP contribution >= 0.6 is 9.41 Å². The van der Waals surface area contributed by atoms with E-state index in [-0.39, 0.29) is 68.6 Å². The Morgan fingerprint density at radius 1 is 1.45 bits per heavy atom. The maximum Gasteiger partial charge on any atom is 0.193 e. The predicted molar refractivity (Wildman–Crippen MR) is 114 cm³/mol. The summed E-state index contributed by atoms with van der Waals surface area (Å²) in [4.78, 5) is 31.5. The SMILES string of the molecule is [3H]POCC(=O)[C@@]12ONC[C@@H]1C[C@H]1[C@@H]3C[CH-]C4=CC(=O)C=C[C@]4(C)[C@@]3(C)[C@@H](O)C[C@@]12C.[Y]. The minimum Gasteiger partial charge on any atom is -0.392 e. The van der Waals surface area contributed by atoms with Crippen molar-refractivity contribution in [3.63, 3.8) is 0 Å². The molecular weight excluding hydrogens is 490 g/mol. The van der Waals surface area contributed by atoms with Crippen LogP contribution in [0.5, 0.6) is 0 Å². The molecule has 0 amide bonds. The fourth-order valence-corrected chi connectivity index (χ4v) is 8.11. The number of rotatable bonds is 4. The fourth-order valence-electron chi connectivity index (χ4n) is 7.98. The molecule has 31 heavy (non-hydrogen) atoms. The summed E-state index contributed by atoms with van der Waals surface area (Å²) in [5.41, 5.74) is 1.48. The molecule has 5 aliphatic rings. The fraction of sp³-hybridized carbons (Fsp3) is 0.696. The number of ketones is 2. The number of aliphatic hydroxyl groups excluding tert-OH is 1. The van der Waals surface area contributed by atoms with E-state index in [1.807, 2.05) is 6.08 Å². The third-order valence-electron chi connectivity index (χ3n) is 9.72. The van der Waals surface area contributed by atoms with Crippen LogP contribution in [0.1, 0.15) is 40.0 Å². The second-order valence-corrected chi connectivity index (χ2v) is 10.7. The number of carbonyl (C=O) groups is 2. The number of Topliss-reactive ketones (excluding diaryl/α,β-unsaturated/α-hetero) is 1. The largest absolute Gasteiger partial charge is 0.392 e. The molecular formula is C23H31NO5PY-. The minimum absolute atomic E-state index is 0. The van der Waals surface area contributed by atoms with E-state index >= 15 is 0 Å². The first-order valence-electron chi connectivity index (χ1n) is 11.3. The molecule has 6 nitrogen and oxygen atoms in total. The molecule has 4 fully saturated rings. The number of hydroxylamine groups is 1. The summed E-state index contributed by atoms with van der Waals surface area (Å²) in [6, 6.07) is 0. The van der Waals surface area contributed by atoms with Gasteiger partial charge in [-0.05, 0) is 36.2 Å². The van der Waals surface area contributed by atoms with E-state index in [0.717, 1.165) is 18.4 Å². The van der Waals surface area contributed by atoms with Crippen LogP contribution in [0.3, 0.4) is 0 Å². The monoisotopic (exact) mass is 523 g/mol. The molecule has 0 aromatic heterocycles. The summed E-state index contributed by atoms with van der Waals surface area (Å²) >= 11 is 0. The van der Waals surface area contributed by atoms with Crippen LogP contribution in [0.25, 0.3) is 0 Å². The Labute approximate surface area is 212 Å². The van der Waals surface area contributed by atoms with Crippen molar-refractivity contribution in [1.82, 2.24) is 5.48 Å². The average molecular weight is 523 g/mol. The van der Waals surface area contributed by atoms with Crippen LogP contribution in [-0.4, -0.2) is 42.8 Å². The molecule has 1 heterocycles. The van der Waals surface area contributed by atoms with Gasteiger partial charge in [-0.2, -0.15) is 11.6 Å². The van der Waals surface area contributed by atoms with Gasteiger partial charge in [0.25, 0.3) is 0 Å². The van der Waals surface area contributed by atoms with E-state index in [0.29, 0.717) is 13.0 Å². The first-order chi connectivity index (χ1) is 14.6. The Morgan fingerprint density at radius 2 is 2.23 bits per heavy atom. The van der Waals surface area contributed by atoms with Gasteiger partial charge in [0.15, 0.2) is 11.4 Å². The van der Waals surface area contributed by atoms with Crippen LogP contribution < -0.4 is 5.48 Å². The Kier molecular flexibility index (Phi) is 5.75. The van der Waals surface area contributed by atoms with Gasteiger partial charge in [-0.1, -0.05) is 33.3 Å². The average Bonchev–Trinajstić information content (AvgIpc) is 3.25. The van der Waals surface area contributed by atoms with E-state index in [1.165, 1.54) is 0 Å². The summed E-state index contributed by atoms with van der Waals surface area (Å²) in [6.07, 6.45) is 8.89. The van der Waals surface area contributed by atoms with Gasteiger partial charge in [0, 0.05) is 65.4 Å². The molecule has 167 valence electrons. The zero-order valence-electron chi connectivity index (χ0n) is 19.3. The van der Waals surface area contributed by atoms with Crippen molar-refractivity contribution < 1.29 is 56.8 Å². The zero-order chi connectivity index (χ0) is 22.2. The molecule has 1 aliphatic heterocycles. The van der Waals surface area contributed by atoms with Crippen LogP contribution in [0.15, 0.2) is 23.8 Å². The van der Waals surface area contributed by atoms with Crippen molar-refractivity contribution in [2.24, 2.45) is 34.0 Å². The molecule has 1 radical (unpaired) electrons. The number of hydrogen-bond acceptors (Lipinski definition) is 6. The molecule has 0 aromatic rings. The smallest absolute Gasteiger partial charge is 0.193 e. The first kappa shape index (κ1) is 22.8. The number of nitrogens with one attached hydrogen (secondary N) is 1. The summed E-state index contributed by atoms with van der Waals surface area (Å²) in [5, 5.41) is 11.7. The first-order valence-corrected chi connectivity index (χ1v) is 11.3. The third-order valence-corrected chi connectivity index (χ3v) is 9.86. The number of hydrogen-bond donors (Lipinski definition) is 2. The second kappa shape index (κ2) is 7.80. The number of allylic oxidation sites excluding steroid dienone is 4. The molecule has 2 N–H and O–H groups in total. The zero-order valence-corrected chi connectivity index (χ0v) is 22.2. The maximum atomic E-state index is 13.4. The van der Waals surface area contributed by atoms with E-state index in [4.69, 9.17) is 10.6 Å². The van der Waals surface area contributed by atoms with Crippen molar-refractivity contribution in [2.75, 3.05) is 13.2 Å². The van der Waals surface area contributed by atoms with E-state index in [9.17, 15) is 14.7 Å². The van der Waals surface area contributed by atoms with Crippen molar-refractivity contribution in [3.05, 3.63) is 30.2 Å². The second-order valence-electron chi connectivity index (χ2n) is 10.4. The van der Waals surface area contributed by atoms with Gasteiger partial charge in [-0.25, -0.2) is 11.9 Å². The topological polar surface area (TPSA) is 84.9 Å². The van der Waals surface area contributed by atoms with E-state index in [1.54, 1.807) is 12.2 Å². The van der Waals surface area contributed by atoms with Crippen molar-refractivity contribution >= 4 is 21.0 Å². The van der Waals surface area contributed by atoms with Gasteiger partial charge in [-0.3, -0.25) is 9.63 Å². The third kappa shape index (κ3) is 2.79. The summed E-state index contributed by atoms with van der Waals surface area (Å²) in [7, 11) is -0.501. The Hall–Kier alpha value is 0.0639. The normalized spacial score (nSPS) is 50.5. The van der Waals surface area contributed by atoms with Crippen LogP contribution in [0.4, 0.5) is 0 Å². The van der Waals surface area contributed by atoms with Crippen molar-refractivity contribution in [3.8, 4) is 0 Å². The number of carbonyl (C=O) groups excluding carboxylic acids is 2. The van der Waals surface area contributed by atoms with E-state index in [2.05, 4.69) is 32.7 Å². The van der Waals surface area contributed by atoms with Crippen molar-refractivity contribution in [1.29, 1.82) is 1.28 Å².